The SMILES string of the molecule is C=CCC[C@H](N)c1cc(OC(F)(F)F)ccc1F.Cl. The van der Waals surface area contributed by atoms with Crippen LogP contribution in [0.3, 0.4) is 0 Å². The maximum atomic E-state index is 13.4. The van der Waals surface area contributed by atoms with Crippen molar-refractivity contribution in [3.05, 3.63) is 42.2 Å². The summed E-state index contributed by atoms with van der Waals surface area (Å²) >= 11 is 0. The fourth-order valence-corrected chi connectivity index (χ4v) is 1.46. The van der Waals surface area contributed by atoms with Crippen molar-refractivity contribution in [2.24, 2.45) is 5.73 Å². The first-order valence-corrected chi connectivity index (χ1v) is 5.25. The number of rotatable bonds is 5. The number of alkyl halides is 3. The molecule has 108 valence electrons. The Bertz CT molecular complexity index is 423. The van der Waals surface area contributed by atoms with Crippen molar-refractivity contribution in [3.63, 3.8) is 0 Å². The minimum atomic E-state index is -4.81. The minimum absolute atomic E-state index is 0. The van der Waals surface area contributed by atoms with E-state index in [0.29, 0.717) is 12.8 Å². The first kappa shape index (κ1) is 17.7. The van der Waals surface area contributed by atoms with E-state index in [1.165, 1.54) is 0 Å². The maximum absolute atomic E-state index is 13.4. The molecule has 0 saturated heterocycles. The molecule has 0 aliphatic heterocycles. The molecule has 1 aromatic carbocycles. The summed E-state index contributed by atoms with van der Waals surface area (Å²) in [6, 6.07) is 2.09. The summed E-state index contributed by atoms with van der Waals surface area (Å²) in [5.41, 5.74) is 5.69. The van der Waals surface area contributed by atoms with Gasteiger partial charge in [-0.2, -0.15) is 0 Å². The third kappa shape index (κ3) is 5.94. The van der Waals surface area contributed by atoms with Gasteiger partial charge in [-0.15, -0.1) is 32.2 Å². The lowest BCUT2D eigenvalue weighted by atomic mass is 10.0. The lowest BCUT2D eigenvalue weighted by Gasteiger charge is -2.14. The fourth-order valence-electron chi connectivity index (χ4n) is 1.46. The minimum Gasteiger partial charge on any atom is -0.406 e. The van der Waals surface area contributed by atoms with Crippen LogP contribution in [0.15, 0.2) is 30.9 Å². The Labute approximate surface area is 114 Å². The molecule has 7 heteroatoms. The van der Waals surface area contributed by atoms with Crippen molar-refractivity contribution < 1.29 is 22.3 Å². The lowest BCUT2D eigenvalue weighted by molar-refractivity contribution is -0.274. The molecule has 2 N–H and O–H groups in total. The zero-order valence-corrected chi connectivity index (χ0v) is 10.7. The molecular formula is C12H14ClF4NO. The molecule has 0 radical (unpaired) electrons. The van der Waals surface area contributed by atoms with Crippen LogP contribution < -0.4 is 10.5 Å². The normalized spacial score (nSPS) is 12.5. The van der Waals surface area contributed by atoms with Crippen molar-refractivity contribution in [1.29, 1.82) is 0 Å². The summed E-state index contributed by atoms with van der Waals surface area (Å²) in [4.78, 5) is 0. The molecule has 0 aliphatic carbocycles. The number of allylic oxidation sites excluding steroid dienone is 1. The van der Waals surface area contributed by atoms with Gasteiger partial charge in [-0.1, -0.05) is 6.08 Å². The standard InChI is InChI=1S/C12H13F4NO.ClH/c1-2-3-4-11(17)9-7-8(5-6-10(9)13)18-12(14,15)16;/h2,5-7,11H,1,3-4,17H2;1H/t11-;/m0./s1. The van der Waals surface area contributed by atoms with E-state index in [0.717, 1.165) is 18.2 Å². The van der Waals surface area contributed by atoms with Crippen molar-refractivity contribution in [1.82, 2.24) is 0 Å². The Kier molecular flexibility index (Phi) is 6.86. The second-order valence-electron chi connectivity index (χ2n) is 3.70. The van der Waals surface area contributed by atoms with Gasteiger partial charge in [0, 0.05) is 11.6 Å². The molecule has 0 bridgehead atoms. The molecule has 1 aromatic rings. The maximum Gasteiger partial charge on any atom is 0.573 e. The van der Waals surface area contributed by atoms with Crippen LogP contribution in [0.25, 0.3) is 0 Å². The summed E-state index contributed by atoms with van der Waals surface area (Å²) in [6.45, 7) is 3.49. The number of hydrogen-bond acceptors (Lipinski definition) is 2. The monoisotopic (exact) mass is 299 g/mol. The van der Waals surface area contributed by atoms with Crippen LogP contribution >= 0.6 is 12.4 Å². The highest BCUT2D eigenvalue weighted by Crippen LogP contribution is 2.28. The zero-order valence-electron chi connectivity index (χ0n) is 9.91. The van der Waals surface area contributed by atoms with Crippen LogP contribution in [0.1, 0.15) is 24.4 Å². The van der Waals surface area contributed by atoms with Gasteiger partial charge >= 0.3 is 6.36 Å². The molecule has 0 amide bonds. The molecule has 0 aliphatic rings. The second kappa shape index (κ2) is 7.35. The molecule has 0 fully saturated rings. The summed E-state index contributed by atoms with van der Waals surface area (Å²) in [6.07, 6.45) is -2.25. The number of halogens is 5. The molecule has 0 heterocycles. The molecule has 0 spiro atoms. The number of nitrogens with two attached hydrogens (primary N) is 1. The fraction of sp³-hybridized carbons (Fsp3) is 0.333. The average Bonchev–Trinajstić information content (AvgIpc) is 2.26. The van der Waals surface area contributed by atoms with Gasteiger partial charge in [0.05, 0.1) is 0 Å². The molecule has 19 heavy (non-hydrogen) atoms. The van der Waals surface area contributed by atoms with Crippen molar-refractivity contribution >= 4 is 12.4 Å². The highest BCUT2D eigenvalue weighted by molar-refractivity contribution is 5.85. The quantitative estimate of drug-likeness (QED) is 0.656. The predicted molar refractivity (Wildman–Crippen MR) is 66.7 cm³/mol. The summed E-state index contributed by atoms with van der Waals surface area (Å²) < 4.78 is 53.2. The van der Waals surface area contributed by atoms with E-state index in [9.17, 15) is 17.6 Å². The number of ether oxygens (including phenoxy) is 1. The van der Waals surface area contributed by atoms with E-state index < -0.39 is 24.0 Å². The Morgan fingerprint density at radius 2 is 2.00 bits per heavy atom. The largest absolute Gasteiger partial charge is 0.573 e. The van der Waals surface area contributed by atoms with Gasteiger partial charge in [-0.3, -0.25) is 0 Å². The van der Waals surface area contributed by atoms with Gasteiger partial charge in [0.2, 0.25) is 0 Å². The van der Waals surface area contributed by atoms with E-state index in [1.807, 2.05) is 0 Å². The van der Waals surface area contributed by atoms with E-state index in [1.54, 1.807) is 6.08 Å². The Morgan fingerprint density at radius 3 is 2.53 bits per heavy atom. The molecule has 1 atom stereocenters. The van der Waals surface area contributed by atoms with Crippen molar-refractivity contribution in [2.45, 2.75) is 25.2 Å². The summed E-state index contributed by atoms with van der Waals surface area (Å²) in [5.74, 6) is -1.13. The topological polar surface area (TPSA) is 35.2 Å². The summed E-state index contributed by atoms with van der Waals surface area (Å²) in [5, 5.41) is 0. The van der Waals surface area contributed by atoms with Crippen LogP contribution in [-0.2, 0) is 0 Å². The van der Waals surface area contributed by atoms with Crippen LogP contribution in [0.2, 0.25) is 0 Å². The molecule has 0 aromatic heterocycles. The molecule has 1 rings (SSSR count). The van der Waals surface area contributed by atoms with E-state index in [-0.39, 0.29) is 18.0 Å². The summed E-state index contributed by atoms with van der Waals surface area (Å²) in [7, 11) is 0. The lowest BCUT2D eigenvalue weighted by Crippen LogP contribution is -2.18. The van der Waals surface area contributed by atoms with Gasteiger partial charge < -0.3 is 10.5 Å². The Morgan fingerprint density at radius 1 is 1.37 bits per heavy atom. The van der Waals surface area contributed by atoms with Crippen LogP contribution in [0.4, 0.5) is 17.6 Å². The second-order valence-corrected chi connectivity index (χ2v) is 3.70. The number of benzene rings is 1. The van der Waals surface area contributed by atoms with E-state index in [2.05, 4.69) is 11.3 Å². The first-order valence-electron chi connectivity index (χ1n) is 5.25. The molecular weight excluding hydrogens is 286 g/mol. The Hall–Kier alpha value is -1.27. The van der Waals surface area contributed by atoms with Gasteiger partial charge in [0.1, 0.15) is 11.6 Å². The van der Waals surface area contributed by atoms with Crippen molar-refractivity contribution in [2.75, 3.05) is 0 Å². The highest BCUT2D eigenvalue weighted by atomic mass is 35.5. The van der Waals surface area contributed by atoms with E-state index >= 15 is 0 Å². The third-order valence-corrected chi connectivity index (χ3v) is 2.28. The van der Waals surface area contributed by atoms with E-state index in [4.69, 9.17) is 5.73 Å². The predicted octanol–water partition coefficient (Wildman–Crippen LogP) is 4.11. The number of hydrogen-bond donors (Lipinski definition) is 1. The smallest absolute Gasteiger partial charge is 0.406 e. The zero-order chi connectivity index (χ0) is 13.8. The van der Waals surface area contributed by atoms with Gasteiger partial charge in [0.15, 0.2) is 0 Å². The van der Waals surface area contributed by atoms with Gasteiger partial charge in [-0.05, 0) is 31.0 Å². The van der Waals surface area contributed by atoms with Gasteiger partial charge in [0.25, 0.3) is 0 Å². The Balaban J connectivity index is 0.00000324. The van der Waals surface area contributed by atoms with Crippen LogP contribution in [0, 0.1) is 5.82 Å². The average molecular weight is 300 g/mol. The van der Waals surface area contributed by atoms with Crippen LogP contribution in [0.5, 0.6) is 5.75 Å². The van der Waals surface area contributed by atoms with Crippen LogP contribution in [-0.4, -0.2) is 6.36 Å². The molecule has 0 saturated carbocycles. The third-order valence-electron chi connectivity index (χ3n) is 2.28. The van der Waals surface area contributed by atoms with Crippen molar-refractivity contribution in [3.8, 4) is 5.75 Å². The molecule has 0 unspecified atom stereocenters. The first-order chi connectivity index (χ1) is 8.33. The highest BCUT2D eigenvalue weighted by Gasteiger charge is 2.31. The molecule has 2 nitrogen and oxygen atoms in total. The van der Waals surface area contributed by atoms with Gasteiger partial charge in [-0.25, -0.2) is 4.39 Å².